The average Bonchev–Trinajstić information content (AvgIpc) is 3.31. The molecule has 0 radical (unpaired) electrons. The fraction of sp³-hybridized carbons (Fsp3) is 0.182. The number of fused-ring (bicyclic) bond motifs is 2. The molecule has 1 fully saturated rings. The van der Waals surface area contributed by atoms with Crippen LogP contribution in [0.25, 0.3) is 10.9 Å². The molecule has 0 spiro atoms. The number of pyridine rings is 1. The van der Waals surface area contributed by atoms with Gasteiger partial charge in [-0.25, -0.2) is 14.8 Å². The fourth-order valence-electron chi connectivity index (χ4n) is 3.90. The van der Waals surface area contributed by atoms with Gasteiger partial charge in [0.25, 0.3) is 11.8 Å². The highest BCUT2D eigenvalue weighted by atomic mass is 32.2. The number of thiazole rings is 1. The molecule has 2 aromatic heterocycles. The number of aromatic nitrogens is 2. The Balaban J connectivity index is 1.30. The number of oxime groups is 1. The molecule has 2 aliphatic heterocycles. The minimum Gasteiger partial charge on any atom is -0.477 e. The fourth-order valence-corrected chi connectivity index (χ4v) is 6.81. The van der Waals surface area contributed by atoms with Gasteiger partial charge in [-0.3, -0.25) is 14.5 Å². The number of rotatable bonds is 7. The molecule has 2 aliphatic rings. The molecule has 5 N–H and O–H groups in total. The summed E-state index contributed by atoms with van der Waals surface area (Å²) in [5.41, 5.74) is 6.62. The Labute approximate surface area is 216 Å². The van der Waals surface area contributed by atoms with Gasteiger partial charge >= 0.3 is 5.97 Å². The lowest BCUT2D eigenvalue weighted by atomic mass is 10.0. The molecular formula is C22H18N6O5S3. The second kappa shape index (κ2) is 9.79. The van der Waals surface area contributed by atoms with Gasteiger partial charge in [0.05, 0.1) is 10.5 Å². The maximum Gasteiger partial charge on any atom is 0.352 e. The summed E-state index contributed by atoms with van der Waals surface area (Å²) in [7, 11) is 0. The number of nitrogen functional groups attached to an aromatic ring is 1. The number of hydrogen-bond acceptors (Lipinski definition) is 11. The molecule has 3 aromatic rings. The van der Waals surface area contributed by atoms with Crippen LogP contribution in [0.3, 0.4) is 0 Å². The standard InChI is InChI=1S/C22H18N6O5S3/c23-22-25-13(9-36-22)15(27-33)18(29)26-16-19(30)28-17(21(31)32)11(8-35-20(16)28)7-34-14-6-5-10-3-1-2-4-12(10)24-14/h1-6,9,16,20,33H,7-8H2,(H2,23,25)(H,26,29)(H,31,32)/b27-15-/t16-,20-/m1/s1. The minimum atomic E-state index is -1.21. The van der Waals surface area contributed by atoms with Crippen LogP contribution in [0.5, 0.6) is 0 Å². The number of anilines is 1. The Kier molecular flexibility index (Phi) is 6.55. The molecule has 2 amide bonds. The quantitative estimate of drug-likeness (QED) is 0.114. The van der Waals surface area contributed by atoms with Crippen molar-refractivity contribution in [3.05, 3.63) is 58.7 Å². The predicted molar refractivity (Wildman–Crippen MR) is 137 cm³/mol. The number of hydrogen-bond donors (Lipinski definition) is 4. The summed E-state index contributed by atoms with van der Waals surface area (Å²) in [6.07, 6.45) is 0. The molecule has 2 atom stereocenters. The van der Waals surface area contributed by atoms with Crippen LogP contribution in [0.4, 0.5) is 5.13 Å². The Hall–Kier alpha value is -3.62. The van der Waals surface area contributed by atoms with Gasteiger partial charge < -0.3 is 21.4 Å². The predicted octanol–water partition coefficient (Wildman–Crippen LogP) is 1.98. The highest BCUT2D eigenvalue weighted by Gasteiger charge is 2.54. The first-order valence-corrected chi connectivity index (χ1v) is 13.4. The molecule has 184 valence electrons. The lowest BCUT2D eigenvalue weighted by Gasteiger charge is -2.49. The zero-order valence-electron chi connectivity index (χ0n) is 18.3. The largest absolute Gasteiger partial charge is 0.477 e. The third-order valence-electron chi connectivity index (χ3n) is 5.58. The van der Waals surface area contributed by atoms with Gasteiger partial charge in [0.15, 0.2) is 10.8 Å². The molecule has 0 bridgehead atoms. The number of amides is 2. The van der Waals surface area contributed by atoms with E-state index in [-0.39, 0.29) is 22.2 Å². The van der Waals surface area contributed by atoms with E-state index in [1.54, 1.807) is 0 Å². The van der Waals surface area contributed by atoms with E-state index >= 15 is 0 Å². The lowest BCUT2D eigenvalue weighted by Crippen LogP contribution is -2.71. The minimum absolute atomic E-state index is 0.0742. The van der Waals surface area contributed by atoms with Crippen LogP contribution in [0.1, 0.15) is 5.69 Å². The lowest BCUT2D eigenvalue weighted by molar-refractivity contribution is -0.150. The normalized spacial score (nSPS) is 19.7. The van der Waals surface area contributed by atoms with E-state index in [1.165, 1.54) is 33.8 Å². The number of nitrogens with two attached hydrogens (primary N) is 1. The highest BCUT2D eigenvalue weighted by Crippen LogP contribution is 2.41. The van der Waals surface area contributed by atoms with Crippen LogP contribution in [0.15, 0.2) is 63.2 Å². The molecule has 1 saturated heterocycles. The number of thioether (sulfide) groups is 2. The van der Waals surface area contributed by atoms with E-state index in [1.807, 2.05) is 36.4 Å². The number of β-lactam (4-membered cyclic amide) rings is 1. The number of benzene rings is 1. The molecule has 0 aliphatic carbocycles. The van der Waals surface area contributed by atoms with Crippen LogP contribution in [-0.4, -0.2) is 71.6 Å². The van der Waals surface area contributed by atoms with Crippen molar-refractivity contribution >= 4 is 74.4 Å². The topological polar surface area (TPSA) is 171 Å². The number of carbonyl (C=O) groups excluding carboxylic acids is 2. The van der Waals surface area contributed by atoms with Crippen molar-refractivity contribution < 1.29 is 24.7 Å². The number of aliphatic carboxylic acids is 1. The number of carboxylic acid groups (broad SMARTS) is 1. The van der Waals surface area contributed by atoms with Crippen molar-refractivity contribution in [2.45, 2.75) is 16.4 Å². The van der Waals surface area contributed by atoms with Crippen LogP contribution in [0.2, 0.25) is 0 Å². The first-order valence-electron chi connectivity index (χ1n) is 10.5. The van der Waals surface area contributed by atoms with Gasteiger partial charge in [-0.05, 0) is 17.7 Å². The maximum atomic E-state index is 12.9. The third-order valence-corrected chi connectivity index (χ3v) is 8.61. The first-order chi connectivity index (χ1) is 17.4. The van der Waals surface area contributed by atoms with Gasteiger partial charge in [-0.1, -0.05) is 29.4 Å². The number of para-hydroxylation sites is 1. The van der Waals surface area contributed by atoms with Gasteiger partial charge in [-0.2, -0.15) is 0 Å². The van der Waals surface area contributed by atoms with E-state index < -0.39 is 29.2 Å². The Morgan fingerprint density at radius 2 is 2.06 bits per heavy atom. The van der Waals surface area contributed by atoms with Gasteiger partial charge in [0.1, 0.15) is 22.8 Å². The van der Waals surface area contributed by atoms with Crippen LogP contribution in [-0.2, 0) is 14.4 Å². The average molecular weight is 543 g/mol. The van der Waals surface area contributed by atoms with E-state index in [9.17, 15) is 24.7 Å². The Bertz CT molecular complexity index is 1450. The molecule has 11 nitrogen and oxygen atoms in total. The molecule has 36 heavy (non-hydrogen) atoms. The third kappa shape index (κ3) is 4.38. The smallest absolute Gasteiger partial charge is 0.352 e. The molecular weight excluding hydrogens is 524 g/mol. The van der Waals surface area contributed by atoms with E-state index in [0.29, 0.717) is 17.1 Å². The second-order valence-corrected chi connectivity index (χ2v) is 10.8. The molecule has 4 heterocycles. The van der Waals surface area contributed by atoms with Crippen molar-refractivity contribution in [3.63, 3.8) is 0 Å². The van der Waals surface area contributed by atoms with Crippen LogP contribution >= 0.6 is 34.9 Å². The van der Waals surface area contributed by atoms with Crippen molar-refractivity contribution in [3.8, 4) is 0 Å². The van der Waals surface area contributed by atoms with E-state index in [2.05, 4.69) is 20.4 Å². The zero-order valence-corrected chi connectivity index (χ0v) is 20.8. The van der Waals surface area contributed by atoms with Crippen molar-refractivity contribution in [1.82, 2.24) is 20.2 Å². The number of carboxylic acids is 1. The maximum absolute atomic E-state index is 12.9. The van der Waals surface area contributed by atoms with Crippen molar-refractivity contribution in [2.24, 2.45) is 5.16 Å². The van der Waals surface area contributed by atoms with Gasteiger partial charge in [-0.15, -0.1) is 34.9 Å². The number of nitrogens with one attached hydrogen (secondary N) is 1. The second-order valence-electron chi connectivity index (χ2n) is 7.77. The molecule has 0 saturated carbocycles. The highest BCUT2D eigenvalue weighted by molar-refractivity contribution is 8.01. The van der Waals surface area contributed by atoms with Gasteiger partial charge in [0.2, 0.25) is 0 Å². The van der Waals surface area contributed by atoms with Crippen LogP contribution < -0.4 is 11.1 Å². The summed E-state index contributed by atoms with van der Waals surface area (Å²) in [6.45, 7) is 0. The summed E-state index contributed by atoms with van der Waals surface area (Å²) in [4.78, 5) is 47.4. The molecule has 0 unspecified atom stereocenters. The summed E-state index contributed by atoms with van der Waals surface area (Å²) in [6, 6.07) is 10.6. The van der Waals surface area contributed by atoms with Crippen molar-refractivity contribution in [2.75, 3.05) is 17.2 Å². The van der Waals surface area contributed by atoms with E-state index in [4.69, 9.17) is 5.73 Å². The van der Waals surface area contributed by atoms with Crippen LogP contribution in [0, 0.1) is 0 Å². The zero-order chi connectivity index (χ0) is 25.4. The molecule has 5 rings (SSSR count). The Morgan fingerprint density at radius 3 is 2.78 bits per heavy atom. The van der Waals surface area contributed by atoms with Crippen molar-refractivity contribution in [1.29, 1.82) is 0 Å². The summed E-state index contributed by atoms with van der Waals surface area (Å²) in [5.74, 6) is -1.87. The summed E-state index contributed by atoms with van der Waals surface area (Å²) >= 11 is 3.82. The summed E-state index contributed by atoms with van der Waals surface area (Å²) in [5, 5.41) is 27.5. The Morgan fingerprint density at radius 1 is 1.25 bits per heavy atom. The SMILES string of the molecule is Nc1nc(/C(=N/O)C(=O)N[C@@H]2C(=O)N3C(C(=O)O)=C(CSc4ccc5ccccc5n4)CS[C@H]23)cs1. The monoisotopic (exact) mass is 542 g/mol. The van der Waals surface area contributed by atoms with E-state index in [0.717, 1.165) is 27.3 Å². The number of nitrogens with zero attached hydrogens (tertiary/aromatic N) is 4. The summed E-state index contributed by atoms with van der Waals surface area (Å²) < 4.78 is 0. The molecule has 1 aromatic carbocycles. The molecule has 14 heteroatoms. The first kappa shape index (κ1) is 24.1. The number of carbonyl (C=O) groups is 3. The van der Waals surface area contributed by atoms with Gasteiger partial charge in [0, 0.05) is 22.3 Å².